The summed E-state index contributed by atoms with van der Waals surface area (Å²) < 4.78 is 4.86. The van der Waals surface area contributed by atoms with Gasteiger partial charge in [0.15, 0.2) is 6.61 Å². The van der Waals surface area contributed by atoms with Crippen molar-refractivity contribution < 1.29 is 24.0 Å². The Morgan fingerprint density at radius 3 is 2.59 bits per heavy atom. The minimum absolute atomic E-state index is 0.0822. The Morgan fingerprint density at radius 1 is 1.21 bits per heavy atom. The van der Waals surface area contributed by atoms with Crippen LogP contribution in [-0.2, 0) is 14.3 Å². The summed E-state index contributed by atoms with van der Waals surface area (Å²) >= 11 is 5.71. The number of hydrogen-bond acceptors (Lipinski definition) is 6. The highest BCUT2D eigenvalue weighted by atomic mass is 35.5. The molecule has 0 radical (unpaired) electrons. The molecule has 0 aliphatic rings. The highest BCUT2D eigenvalue weighted by Crippen LogP contribution is 2.27. The average molecular weight is 420 g/mol. The number of nitro benzene ring substituents is 1. The summed E-state index contributed by atoms with van der Waals surface area (Å²) in [5.74, 6) is -2.06. The van der Waals surface area contributed by atoms with Crippen molar-refractivity contribution in [2.45, 2.75) is 19.9 Å². The molecule has 0 aromatic heterocycles. The molecule has 0 saturated carbocycles. The number of nitro groups is 1. The fourth-order valence-corrected chi connectivity index (χ4v) is 2.50. The van der Waals surface area contributed by atoms with Crippen LogP contribution >= 0.6 is 11.6 Å². The summed E-state index contributed by atoms with van der Waals surface area (Å²) in [5.41, 5.74) is 0.801. The molecule has 0 fully saturated rings. The molecule has 1 atom stereocenters. The van der Waals surface area contributed by atoms with E-state index >= 15 is 0 Å². The van der Waals surface area contributed by atoms with Gasteiger partial charge >= 0.3 is 5.97 Å². The van der Waals surface area contributed by atoms with E-state index in [9.17, 15) is 24.5 Å². The van der Waals surface area contributed by atoms with Gasteiger partial charge in [-0.25, -0.2) is 4.79 Å². The van der Waals surface area contributed by atoms with Crippen LogP contribution in [0.25, 0.3) is 0 Å². The minimum atomic E-state index is -0.999. The summed E-state index contributed by atoms with van der Waals surface area (Å²) in [6.45, 7) is 2.57. The van der Waals surface area contributed by atoms with Gasteiger partial charge in [-0.15, -0.1) is 0 Å². The molecule has 2 rings (SSSR count). The first-order valence-corrected chi connectivity index (χ1v) is 8.83. The zero-order chi connectivity index (χ0) is 21.6. The Labute approximate surface area is 171 Å². The molecule has 2 aromatic rings. The smallest absolute Gasteiger partial charge is 0.328 e. The van der Waals surface area contributed by atoms with Gasteiger partial charge in [0.1, 0.15) is 11.7 Å². The second kappa shape index (κ2) is 9.65. The maximum Gasteiger partial charge on any atom is 0.328 e. The van der Waals surface area contributed by atoms with E-state index in [1.165, 1.54) is 19.1 Å². The molecule has 0 saturated heterocycles. The van der Waals surface area contributed by atoms with Gasteiger partial charge in [0, 0.05) is 16.7 Å². The van der Waals surface area contributed by atoms with Crippen LogP contribution in [0.5, 0.6) is 0 Å². The zero-order valence-corrected chi connectivity index (χ0v) is 16.4. The zero-order valence-electron chi connectivity index (χ0n) is 15.6. The highest BCUT2D eigenvalue weighted by molar-refractivity contribution is 6.31. The first-order valence-electron chi connectivity index (χ1n) is 8.45. The van der Waals surface area contributed by atoms with E-state index in [1.807, 2.05) is 13.0 Å². The lowest BCUT2D eigenvalue weighted by molar-refractivity contribution is -0.383. The number of carbonyl (C=O) groups excluding carboxylic acids is 3. The van der Waals surface area contributed by atoms with E-state index < -0.39 is 41.0 Å². The summed E-state index contributed by atoms with van der Waals surface area (Å²) in [5, 5.41) is 15.9. The molecule has 9 nitrogen and oxygen atoms in total. The number of aryl methyl sites for hydroxylation is 1. The van der Waals surface area contributed by atoms with Crippen LogP contribution in [0.4, 0.5) is 11.4 Å². The number of nitrogens with zero attached hydrogens (tertiary/aromatic N) is 1. The van der Waals surface area contributed by atoms with Crippen molar-refractivity contribution in [1.82, 2.24) is 5.32 Å². The van der Waals surface area contributed by atoms with Crippen molar-refractivity contribution in [3.05, 3.63) is 68.7 Å². The Bertz CT molecular complexity index is 963. The summed E-state index contributed by atoms with van der Waals surface area (Å²) in [7, 11) is 0. The number of hydrogen-bond donors (Lipinski definition) is 2. The molecule has 0 aliphatic carbocycles. The van der Waals surface area contributed by atoms with Crippen LogP contribution in [0, 0.1) is 17.0 Å². The van der Waals surface area contributed by atoms with E-state index in [0.717, 1.165) is 11.6 Å². The molecule has 0 unspecified atom stereocenters. The van der Waals surface area contributed by atoms with E-state index in [4.69, 9.17) is 16.3 Å². The van der Waals surface area contributed by atoms with E-state index in [0.29, 0.717) is 5.56 Å². The lowest BCUT2D eigenvalue weighted by Crippen LogP contribution is -2.40. The van der Waals surface area contributed by atoms with Gasteiger partial charge in [-0.3, -0.25) is 19.7 Å². The van der Waals surface area contributed by atoms with Gasteiger partial charge in [0.05, 0.1) is 4.92 Å². The Kier molecular flexibility index (Phi) is 7.27. The molecule has 0 bridgehead atoms. The number of carbonyl (C=O) groups is 3. The number of esters is 1. The van der Waals surface area contributed by atoms with Crippen molar-refractivity contribution >= 4 is 40.8 Å². The van der Waals surface area contributed by atoms with Gasteiger partial charge < -0.3 is 15.4 Å². The maximum atomic E-state index is 12.1. The van der Waals surface area contributed by atoms with Crippen LogP contribution < -0.4 is 10.6 Å². The monoisotopic (exact) mass is 419 g/mol. The molecule has 2 amide bonds. The molecular formula is C19H18ClN3O6. The lowest BCUT2D eigenvalue weighted by Gasteiger charge is -2.13. The molecule has 0 aliphatic heterocycles. The number of benzene rings is 2. The van der Waals surface area contributed by atoms with Crippen molar-refractivity contribution in [1.29, 1.82) is 0 Å². The summed E-state index contributed by atoms with van der Waals surface area (Å²) in [6.07, 6.45) is 0. The summed E-state index contributed by atoms with van der Waals surface area (Å²) in [6, 6.07) is 9.55. The number of ether oxygens (including phenoxy) is 1. The Hall–Kier alpha value is -3.46. The third-order valence-electron chi connectivity index (χ3n) is 3.76. The third kappa shape index (κ3) is 6.28. The van der Waals surface area contributed by atoms with Gasteiger partial charge in [-0.1, -0.05) is 29.3 Å². The molecule has 0 heterocycles. The molecule has 0 spiro atoms. The van der Waals surface area contributed by atoms with E-state index in [1.54, 1.807) is 18.2 Å². The largest absolute Gasteiger partial charge is 0.454 e. The van der Waals surface area contributed by atoms with Crippen LogP contribution in [0.1, 0.15) is 22.8 Å². The van der Waals surface area contributed by atoms with Gasteiger partial charge in [0.25, 0.3) is 17.5 Å². The molecule has 29 heavy (non-hydrogen) atoms. The van der Waals surface area contributed by atoms with Crippen molar-refractivity contribution in [2.75, 3.05) is 11.9 Å². The van der Waals surface area contributed by atoms with Crippen LogP contribution in [0.2, 0.25) is 5.02 Å². The standard InChI is InChI=1S/C19H18ClN3O6/c1-11-4-3-5-13(8-11)18(25)21-12(2)19(26)29-10-17(24)22-15-7-6-14(20)9-16(15)23(27)28/h3-9,12H,10H2,1-2H3,(H,21,25)(H,22,24)/t12-/m0/s1. The number of rotatable bonds is 7. The SMILES string of the molecule is Cc1cccc(C(=O)N[C@@H](C)C(=O)OCC(=O)Nc2ccc(Cl)cc2[N+](=O)[O-])c1. The van der Waals surface area contributed by atoms with Gasteiger partial charge in [0.2, 0.25) is 0 Å². The van der Waals surface area contributed by atoms with Crippen molar-refractivity contribution in [3.8, 4) is 0 Å². The number of anilines is 1. The first-order chi connectivity index (χ1) is 13.7. The fourth-order valence-electron chi connectivity index (χ4n) is 2.33. The van der Waals surface area contributed by atoms with E-state index in [-0.39, 0.29) is 10.7 Å². The number of nitrogens with one attached hydrogen (secondary N) is 2. The van der Waals surface area contributed by atoms with Crippen LogP contribution in [0.15, 0.2) is 42.5 Å². The van der Waals surface area contributed by atoms with Crippen LogP contribution in [-0.4, -0.2) is 35.4 Å². The second-order valence-corrected chi connectivity index (χ2v) is 6.58. The summed E-state index contributed by atoms with van der Waals surface area (Å²) in [4.78, 5) is 46.4. The Morgan fingerprint density at radius 2 is 1.93 bits per heavy atom. The predicted molar refractivity (Wildman–Crippen MR) is 106 cm³/mol. The maximum absolute atomic E-state index is 12.1. The fraction of sp³-hybridized carbons (Fsp3) is 0.211. The minimum Gasteiger partial charge on any atom is -0.454 e. The van der Waals surface area contributed by atoms with Crippen molar-refractivity contribution in [3.63, 3.8) is 0 Å². The topological polar surface area (TPSA) is 128 Å². The molecule has 152 valence electrons. The van der Waals surface area contributed by atoms with Gasteiger partial charge in [-0.2, -0.15) is 0 Å². The highest BCUT2D eigenvalue weighted by Gasteiger charge is 2.21. The molecule has 10 heteroatoms. The van der Waals surface area contributed by atoms with Gasteiger partial charge in [-0.05, 0) is 38.1 Å². The normalized spacial score (nSPS) is 11.3. The predicted octanol–water partition coefficient (Wildman–Crippen LogP) is 2.86. The average Bonchev–Trinajstić information content (AvgIpc) is 2.67. The second-order valence-electron chi connectivity index (χ2n) is 6.14. The Balaban J connectivity index is 1.89. The van der Waals surface area contributed by atoms with Crippen LogP contribution in [0.3, 0.4) is 0 Å². The number of amides is 2. The van der Waals surface area contributed by atoms with Crippen molar-refractivity contribution in [2.24, 2.45) is 0 Å². The first kappa shape index (κ1) is 21.8. The molecular weight excluding hydrogens is 402 g/mol. The third-order valence-corrected chi connectivity index (χ3v) is 3.99. The molecule has 2 aromatic carbocycles. The lowest BCUT2D eigenvalue weighted by atomic mass is 10.1. The molecule has 2 N–H and O–H groups in total. The quantitative estimate of drug-likeness (QED) is 0.403. The van der Waals surface area contributed by atoms with E-state index in [2.05, 4.69) is 10.6 Å². The number of halogens is 1.